The Morgan fingerprint density at radius 3 is 2.97 bits per heavy atom. The Morgan fingerprint density at radius 2 is 2.21 bits per heavy atom. The molecule has 2 saturated heterocycles. The zero-order valence-corrected chi connectivity index (χ0v) is 17.8. The van der Waals surface area contributed by atoms with Crippen LogP contribution in [0.4, 0.5) is 4.39 Å². The van der Waals surface area contributed by atoms with E-state index in [0.29, 0.717) is 40.6 Å². The lowest BCUT2D eigenvalue weighted by atomic mass is 9.99. The molecule has 0 saturated carbocycles. The van der Waals surface area contributed by atoms with Crippen LogP contribution in [0.15, 0.2) is 29.2 Å². The first-order valence-electron chi connectivity index (χ1n) is 9.91. The van der Waals surface area contributed by atoms with Crippen molar-refractivity contribution in [2.45, 2.75) is 44.6 Å². The van der Waals surface area contributed by atoms with Gasteiger partial charge in [0.1, 0.15) is 10.1 Å². The number of halogens is 1. The standard InChI is InChI=1S/C21H25FN2O3S2/c22-16-6-3-5-15(13-16)14-18-20(27)24(21(28)29-18)11-4-8-19(26)23-10-2-1-7-17(23)9-12-25/h3,5-6,13-14,17,25H,1-2,4,7-12H2/b18-14-. The number of rotatable bonds is 7. The van der Waals surface area contributed by atoms with Crippen LogP contribution in [0.5, 0.6) is 0 Å². The molecule has 0 bridgehead atoms. The van der Waals surface area contributed by atoms with Gasteiger partial charge in [-0.15, -0.1) is 0 Å². The monoisotopic (exact) mass is 436 g/mol. The summed E-state index contributed by atoms with van der Waals surface area (Å²) in [4.78, 5) is 29.1. The quantitative estimate of drug-likeness (QED) is 0.523. The number of benzene rings is 1. The minimum atomic E-state index is -0.357. The second-order valence-corrected chi connectivity index (χ2v) is 8.92. The van der Waals surface area contributed by atoms with E-state index in [1.165, 1.54) is 28.8 Å². The summed E-state index contributed by atoms with van der Waals surface area (Å²) in [7, 11) is 0. The average Bonchev–Trinajstić information content (AvgIpc) is 2.96. The number of carbonyl (C=O) groups is 2. The Bertz CT molecular complexity index is 813. The minimum absolute atomic E-state index is 0.0730. The van der Waals surface area contributed by atoms with E-state index in [-0.39, 0.29) is 30.3 Å². The summed E-state index contributed by atoms with van der Waals surface area (Å²) in [6, 6.07) is 6.17. The second-order valence-electron chi connectivity index (χ2n) is 7.24. The summed E-state index contributed by atoms with van der Waals surface area (Å²) in [6.07, 6.45) is 6.15. The third-order valence-corrected chi connectivity index (χ3v) is 6.58. The summed E-state index contributed by atoms with van der Waals surface area (Å²) >= 11 is 6.52. The number of thioether (sulfide) groups is 1. The van der Waals surface area contributed by atoms with Crippen LogP contribution in [-0.4, -0.2) is 56.8 Å². The van der Waals surface area contributed by atoms with Crippen molar-refractivity contribution in [2.24, 2.45) is 0 Å². The first kappa shape index (κ1) is 21.9. The van der Waals surface area contributed by atoms with Crippen LogP contribution < -0.4 is 0 Å². The van der Waals surface area contributed by atoms with Gasteiger partial charge in [-0.2, -0.15) is 0 Å². The Kier molecular flexibility index (Phi) is 7.80. The molecule has 2 fully saturated rings. The molecule has 2 amide bonds. The van der Waals surface area contributed by atoms with Gasteiger partial charge in [0.15, 0.2) is 0 Å². The highest BCUT2D eigenvalue weighted by atomic mass is 32.2. The van der Waals surface area contributed by atoms with Gasteiger partial charge in [0.2, 0.25) is 5.91 Å². The van der Waals surface area contributed by atoms with Crippen LogP contribution in [0, 0.1) is 5.82 Å². The van der Waals surface area contributed by atoms with E-state index in [1.54, 1.807) is 18.2 Å². The predicted molar refractivity (Wildman–Crippen MR) is 117 cm³/mol. The van der Waals surface area contributed by atoms with Crippen molar-refractivity contribution in [1.82, 2.24) is 9.80 Å². The highest BCUT2D eigenvalue weighted by molar-refractivity contribution is 8.26. The number of thiocarbonyl (C=S) groups is 1. The molecule has 1 atom stereocenters. The third kappa shape index (κ3) is 5.65. The Labute approximate surface area is 179 Å². The molecule has 29 heavy (non-hydrogen) atoms. The molecule has 0 spiro atoms. The molecule has 2 heterocycles. The molecule has 8 heteroatoms. The molecule has 0 aliphatic carbocycles. The summed E-state index contributed by atoms with van der Waals surface area (Å²) in [6.45, 7) is 1.21. The largest absolute Gasteiger partial charge is 0.396 e. The highest BCUT2D eigenvalue weighted by Gasteiger charge is 2.32. The van der Waals surface area contributed by atoms with Gasteiger partial charge in [0.25, 0.3) is 5.91 Å². The number of hydrogen-bond acceptors (Lipinski definition) is 5. The number of aliphatic hydroxyl groups is 1. The van der Waals surface area contributed by atoms with Gasteiger partial charge in [-0.3, -0.25) is 14.5 Å². The number of piperidine rings is 1. The summed E-state index contributed by atoms with van der Waals surface area (Å²) in [5.74, 6) is -0.485. The van der Waals surface area contributed by atoms with E-state index in [2.05, 4.69) is 0 Å². The highest BCUT2D eigenvalue weighted by Crippen LogP contribution is 2.33. The van der Waals surface area contributed by atoms with E-state index in [1.807, 2.05) is 4.90 Å². The zero-order valence-electron chi connectivity index (χ0n) is 16.2. The lowest BCUT2D eigenvalue weighted by Crippen LogP contribution is -2.44. The fourth-order valence-electron chi connectivity index (χ4n) is 3.75. The molecule has 1 N–H and O–H groups in total. The first-order chi connectivity index (χ1) is 14.0. The van der Waals surface area contributed by atoms with Gasteiger partial charge in [0, 0.05) is 32.2 Å². The Hall–Kier alpha value is -1.77. The van der Waals surface area contributed by atoms with Crippen molar-refractivity contribution in [1.29, 1.82) is 0 Å². The van der Waals surface area contributed by atoms with Crippen molar-refractivity contribution >= 4 is 46.2 Å². The van der Waals surface area contributed by atoms with Crippen molar-refractivity contribution in [3.63, 3.8) is 0 Å². The molecule has 2 aliphatic heterocycles. The second kappa shape index (κ2) is 10.3. The molecule has 0 radical (unpaired) electrons. The molecule has 0 aromatic heterocycles. The van der Waals surface area contributed by atoms with Gasteiger partial charge in [-0.25, -0.2) is 4.39 Å². The van der Waals surface area contributed by atoms with E-state index in [9.17, 15) is 19.1 Å². The molecule has 3 rings (SSSR count). The van der Waals surface area contributed by atoms with Gasteiger partial charge < -0.3 is 10.0 Å². The summed E-state index contributed by atoms with van der Waals surface area (Å²) in [5, 5.41) is 9.22. The van der Waals surface area contributed by atoms with Crippen molar-refractivity contribution in [2.75, 3.05) is 19.7 Å². The lowest BCUT2D eigenvalue weighted by Gasteiger charge is -2.35. The van der Waals surface area contributed by atoms with Crippen molar-refractivity contribution in [3.05, 3.63) is 40.6 Å². The number of carbonyl (C=O) groups excluding carboxylic acids is 2. The Morgan fingerprint density at radius 1 is 1.38 bits per heavy atom. The maximum atomic E-state index is 13.4. The Balaban J connectivity index is 1.54. The number of nitrogens with zero attached hydrogens (tertiary/aromatic N) is 2. The van der Waals surface area contributed by atoms with Gasteiger partial charge in [-0.1, -0.05) is 36.1 Å². The van der Waals surface area contributed by atoms with Crippen LogP contribution in [0.3, 0.4) is 0 Å². The number of aliphatic hydroxyl groups excluding tert-OH is 1. The maximum Gasteiger partial charge on any atom is 0.266 e. The minimum Gasteiger partial charge on any atom is -0.396 e. The van der Waals surface area contributed by atoms with E-state index < -0.39 is 0 Å². The topological polar surface area (TPSA) is 60.9 Å². The van der Waals surface area contributed by atoms with Crippen molar-refractivity contribution in [3.8, 4) is 0 Å². The first-order valence-corrected chi connectivity index (χ1v) is 11.1. The van der Waals surface area contributed by atoms with Crippen LogP contribution in [0.25, 0.3) is 6.08 Å². The zero-order chi connectivity index (χ0) is 20.8. The molecule has 1 aromatic carbocycles. The number of likely N-dealkylation sites (tertiary alicyclic amines) is 1. The van der Waals surface area contributed by atoms with Crippen LogP contribution >= 0.6 is 24.0 Å². The third-order valence-electron chi connectivity index (χ3n) is 5.20. The predicted octanol–water partition coefficient (Wildman–Crippen LogP) is 3.57. The fraction of sp³-hybridized carbons (Fsp3) is 0.476. The van der Waals surface area contributed by atoms with Crippen LogP contribution in [0.1, 0.15) is 44.1 Å². The average molecular weight is 437 g/mol. The summed E-state index contributed by atoms with van der Waals surface area (Å²) < 4.78 is 13.8. The molecule has 1 aromatic rings. The van der Waals surface area contributed by atoms with E-state index in [0.717, 1.165) is 25.8 Å². The number of amides is 2. The summed E-state index contributed by atoms with van der Waals surface area (Å²) in [5.41, 5.74) is 0.612. The molecular weight excluding hydrogens is 411 g/mol. The SMILES string of the molecule is O=C1/C(=C/c2cccc(F)c2)SC(=S)N1CCCC(=O)N1CCCCC1CCO. The molecule has 1 unspecified atom stereocenters. The van der Waals surface area contributed by atoms with Gasteiger partial charge in [0.05, 0.1) is 4.91 Å². The lowest BCUT2D eigenvalue weighted by molar-refractivity contribution is -0.135. The van der Waals surface area contributed by atoms with Gasteiger partial charge >= 0.3 is 0 Å². The normalized spacial score (nSPS) is 21.3. The molecule has 156 valence electrons. The fourth-order valence-corrected chi connectivity index (χ4v) is 5.06. The maximum absolute atomic E-state index is 13.4. The van der Waals surface area contributed by atoms with Crippen molar-refractivity contribution < 1.29 is 19.1 Å². The van der Waals surface area contributed by atoms with E-state index in [4.69, 9.17) is 12.2 Å². The number of hydrogen-bond donors (Lipinski definition) is 1. The van der Waals surface area contributed by atoms with Gasteiger partial charge in [-0.05, 0) is 55.9 Å². The molecule has 5 nitrogen and oxygen atoms in total. The molecular formula is C21H25FN2O3S2. The van der Waals surface area contributed by atoms with Crippen LogP contribution in [0.2, 0.25) is 0 Å². The smallest absolute Gasteiger partial charge is 0.266 e. The van der Waals surface area contributed by atoms with Crippen LogP contribution in [-0.2, 0) is 9.59 Å². The van der Waals surface area contributed by atoms with E-state index >= 15 is 0 Å². The molecule has 2 aliphatic rings.